The molecule has 0 atom stereocenters. The van der Waals surface area contributed by atoms with E-state index < -0.39 is 0 Å². The maximum Gasteiger partial charge on any atom is 0.185 e. The van der Waals surface area contributed by atoms with Crippen molar-refractivity contribution in [1.29, 1.82) is 0 Å². The summed E-state index contributed by atoms with van der Waals surface area (Å²) in [6.45, 7) is 0. The molecule has 0 aliphatic carbocycles. The molecule has 0 spiro atoms. The summed E-state index contributed by atoms with van der Waals surface area (Å²) in [4.78, 5) is 20.7. The van der Waals surface area contributed by atoms with Crippen molar-refractivity contribution in [2.45, 2.75) is 6.42 Å². The zero-order chi connectivity index (χ0) is 13.9. The average Bonchev–Trinajstić information content (AvgIpc) is 2.48. The number of ketones is 1. The molecule has 0 N–H and O–H groups in total. The van der Waals surface area contributed by atoms with Gasteiger partial charge in [-0.1, -0.05) is 28.1 Å². The van der Waals surface area contributed by atoms with E-state index in [1.807, 2.05) is 30.3 Å². The second-order valence-electron chi connectivity index (χ2n) is 4.45. The van der Waals surface area contributed by atoms with Gasteiger partial charge in [0, 0.05) is 28.7 Å². The fraction of sp³-hybridized carbons (Fsp3) is 0.0625. The van der Waals surface area contributed by atoms with E-state index in [-0.39, 0.29) is 5.78 Å². The van der Waals surface area contributed by atoms with E-state index in [1.165, 1.54) is 0 Å². The van der Waals surface area contributed by atoms with E-state index in [0.717, 1.165) is 20.9 Å². The molecule has 3 nitrogen and oxygen atoms in total. The second kappa shape index (κ2) is 5.51. The molecule has 0 saturated heterocycles. The summed E-state index contributed by atoms with van der Waals surface area (Å²) in [5.74, 6) is 0.0148. The van der Waals surface area contributed by atoms with Gasteiger partial charge in [-0.25, -0.2) is 0 Å². The minimum Gasteiger partial charge on any atom is -0.292 e. The number of carbonyl (C=O) groups excluding carboxylic acids is 1. The Kier molecular flexibility index (Phi) is 3.56. The third kappa shape index (κ3) is 2.60. The van der Waals surface area contributed by atoms with E-state index in [0.29, 0.717) is 12.1 Å². The standard InChI is InChI=1S/C16H11BrN2O/c17-12-4-5-13-11(6-8-19-15(13)10-12)9-16(20)14-3-1-2-7-18-14/h1-8,10H,9H2. The predicted molar refractivity (Wildman–Crippen MR) is 81.7 cm³/mol. The molecule has 0 unspecified atom stereocenters. The monoisotopic (exact) mass is 326 g/mol. The fourth-order valence-corrected chi connectivity index (χ4v) is 2.47. The van der Waals surface area contributed by atoms with Crippen molar-refractivity contribution in [2.24, 2.45) is 0 Å². The Labute approximate surface area is 124 Å². The lowest BCUT2D eigenvalue weighted by molar-refractivity contribution is 0.0988. The number of carbonyl (C=O) groups is 1. The van der Waals surface area contributed by atoms with Crippen LogP contribution < -0.4 is 0 Å². The Hall–Kier alpha value is -2.07. The van der Waals surface area contributed by atoms with Gasteiger partial charge in [-0.2, -0.15) is 0 Å². The van der Waals surface area contributed by atoms with E-state index in [9.17, 15) is 4.79 Å². The number of benzene rings is 1. The Morgan fingerprint density at radius 2 is 1.95 bits per heavy atom. The van der Waals surface area contributed by atoms with Crippen molar-refractivity contribution in [3.05, 3.63) is 70.6 Å². The van der Waals surface area contributed by atoms with Crippen LogP contribution in [0.1, 0.15) is 16.1 Å². The van der Waals surface area contributed by atoms with Gasteiger partial charge in [0.2, 0.25) is 0 Å². The van der Waals surface area contributed by atoms with Crippen molar-refractivity contribution in [3.63, 3.8) is 0 Å². The van der Waals surface area contributed by atoms with Crippen LogP contribution in [0.5, 0.6) is 0 Å². The third-order valence-corrected chi connectivity index (χ3v) is 3.59. The molecule has 3 aromatic rings. The van der Waals surface area contributed by atoms with Gasteiger partial charge in [-0.3, -0.25) is 14.8 Å². The zero-order valence-electron chi connectivity index (χ0n) is 10.6. The van der Waals surface area contributed by atoms with E-state index in [2.05, 4.69) is 25.9 Å². The van der Waals surface area contributed by atoms with Crippen LogP contribution >= 0.6 is 15.9 Å². The summed E-state index contributed by atoms with van der Waals surface area (Å²) in [7, 11) is 0. The normalized spacial score (nSPS) is 10.7. The first-order chi connectivity index (χ1) is 9.74. The number of hydrogen-bond acceptors (Lipinski definition) is 3. The molecule has 2 aromatic heterocycles. The summed E-state index contributed by atoms with van der Waals surface area (Å²) in [5, 5.41) is 1.000. The molecule has 0 saturated carbocycles. The predicted octanol–water partition coefficient (Wildman–Crippen LogP) is 3.82. The number of Topliss-reactive ketones (excluding diaryl/α,β-unsaturated/α-hetero) is 1. The molecule has 2 heterocycles. The first-order valence-corrected chi connectivity index (χ1v) is 7.01. The quantitative estimate of drug-likeness (QED) is 0.687. The molecule has 0 bridgehead atoms. The molecular weight excluding hydrogens is 316 g/mol. The molecule has 3 rings (SSSR count). The third-order valence-electron chi connectivity index (χ3n) is 3.10. The lowest BCUT2D eigenvalue weighted by Crippen LogP contribution is -2.06. The minimum absolute atomic E-state index is 0.0148. The molecule has 98 valence electrons. The molecule has 1 aromatic carbocycles. The molecule has 0 fully saturated rings. The summed E-state index contributed by atoms with van der Waals surface area (Å²) in [6.07, 6.45) is 3.70. The van der Waals surface area contributed by atoms with Crippen LogP contribution in [0.15, 0.2) is 59.3 Å². The minimum atomic E-state index is 0.0148. The lowest BCUT2D eigenvalue weighted by Gasteiger charge is -2.05. The number of pyridine rings is 2. The Morgan fingerprint density at radius 3 is 2.75 bits per heavy atom. The molecule has 0 amide bonds. The van der Waals surface area contributed by atoms with Crippen LogP contribution in [0.4, 0.5) is 0 Å². The zero-order valence-corrected chi connectivity index (χ0v) is 12.2. The SMILES string of the molecule is O=C(Cc1ccnc2cc(Br)ccc12)c1ccccn1. The summed E-state index contributed by atoms with van der Waals surface area (Å²) in [5.41, 5.74) is 2.35. The van der Waals surface area contributed by atoms with Gasteiger partial charge in [0.1, 0.15) is 5.69 Å². The topological polar surface area (TPSA) is 42.9 Å². The number of fused-ring (bicyclic) bond motifs is 1. The first kappa shape index (κ1) is 12.9. The summed E-state index contributed by atoms with van der Waals surface area (Å²) >= 11 is 3.43. The van der Waals surface area contributed by atoms with Crippen molar-refractivity contribution < 1.29 is 4.79 Å². The van der Waals surface area contributed by atoms with Crippen LogP contribution in [-0.4, -0.2) is 15.8 Å². The fourth-order valence-electron chi connectivity index (χ4n) is 2.13. The average molecular weight is 327 g/mol. The van der Waals surface area contributed by atoms with Crippen molar-refractivity contribution in [2.75, 3.05) is 0 Å². The maximum absolute atomic E-state index is 12.2. The number of halogens is 1. The molecular formula is C16H11BrN2O. The van der Waals surface area contributed by atoms with Crippen molar-refractivity contribution >= 4 is 32.6 Å². The Morgan fingerprint density at radius 1 is 1.05 bits per heavy atom. The number of rotatable bonds is 3. The van der Waals surface area contributed by atoms with Crippen LogP contribution in [0.3, 0.4) is 0 Å². The van der Waals surface area contributed by atoms with E-state index in [1.54, 1.807) is 24.5 Å². The number of nitrogens with zero attached hydrogens (tertiary/aromatic N) is 2. The summed E-state index contributed by atoms with van der Waals surface area (Å²) < 4.78 is 0.978. The molecule has 4 heteroatoms. The lowest BCUT2D eigenvalue weighted by atomic mass is 10.0. The first-order valence-electron chi connectivity index (χ1n) is 6.21. The van der Waals surface area contributed by atoms with E-state index >= 15 is 0 Å². The van der Waals surface area contributed by atoms with Gasteiger partial charge in [0.15, 0.2) is 5.78 Å². The highest BCUT2D eigenvalue weighted by molar-refractivity contribution is 9.10. The molecule has 0 radical (unpaired) electrons. The second-order valence-corrected chi connectivity index (χ2v) is 5.36. The van der Waals surface area contributed by atoms with Crippen molar-refractivity contribution in [1.82, 2.24) is 9.97 Å². The van der Waals surface area contributed by atoms with Crippen LogP contribution in [-0.2, 0) is 6.42 Å². The van der Waals surface area contributed by atoms with Gasteiger partial charge in [0.25, 0.3) is 0 Å². The van der Waals surface area contributed by atoms with Crippen molar-refractivity contribution in [3.8, 4) is 0 Å². The smallest absolute Gasteiger partial charge is 0.185 e. The molecule has 0 aliphatic rings. The van der Waals surface area contributed by atoms with E-state index in [4.69, 9.17) is 0 Å². The van der Waals surface area contributed by atoms with Gasteiger partial charge in [-0.05, 0) is 35.9 Å². The highest BCUT2D eigenvalue weighted by Crippen LogP contribution is 2.22. The largest absolute Gasteiger partial charge is 0.292 e. The number of hydrogen-bond donors (Lipinski definition) is 0. The van der Waals surface area contributed by atoms with Crippen LogP contribution in [0.25, 0.3) is 10.9 Å². The van der Waals surface area contributed by atoms with Gasteiger partial charge in [-0.15, -0.1) is 0 Å². The van der Waals surface area contributed by atoms with Gasteiger partial charge < -0.3 is 0 Å². The molecule has 0 aliphatic heterocycles. The molecule has 20 heavy (non-hydrogen) atoms. The van der Waals surface area contributed by atoms with Gasteiger partial charge in [0.05, 0.1) is 5.52 Å². The highest BCUT2D eigenvalue weighted by atomic mass is 79.9. The van der Waals surface area contributed by atoms with Gasteiger partial charge >= 0.3 is 0 Å². The van der Waals surface area contributed by atoms with Crippen LogP contribution in [0.2, 0.25) is 0 Å². The number of aromatic nitrogens is 2. The maximum atomic E-state index is 12.2. The Balaban J connectivity index is 1.97. The Bertz CT molecular complexity index is 772. The highest BCUT2D eigenvalue weighted by Gasteiger charge is 2.10. The summed E-state index contributed by atoms with van der Waals surface area (Å²) in [6, 6.07) is 13.1. The van der Waals surface area contributed by atoms with Crippen LogP contribution in [0, 0.1) is 0 Å².